The van der Waals surface area contributed by atoms with E-state index in [0.717, 1.165) is 6.42 Å². The lowest BCUT2D eigenvalue weighted by molar-refractivity contribution is -0.140. The molecule has 1 saturated heterocycles. The maximum Gasteiger partial charge on any atom is 0.295 e. The van der Waals surface area contributed by atoms with Crippen LogP contribution < -0.4 is 4.74 Å². The minimum absolute atomic E-state index is 0.0270. The van der Waals surface area contributed by atoms with Crippen molar-refractivity contribution in [1.29, 1.82) is 0 Å². The standard InChI is InChI=1S/C25H27N3O5/c1-3-15-32-19-8-6-18(7-9-19)23(29)21-22(20-10-5-17(2)33-20)28(25(31)24(21)30)13-4-12-27-14-11-26-16-27/h5-11,14,16,22,29H,3-4,12-13,15H2,1-2H3/b23-21+/t22-/m1/s1. The molecule has 4 rings (SSSR count). The molecule has 1 amide bonds. The van der Waals surface area contributed by atoms with Crippen molar-refractivity contribution in [1.82, 2.24) is 14.5 Å². The third-order valence-corrected chi connectivity index (χ3v) is 5.55. The Labute approximate surface area is 192 Å². The van der Waals surface area contributed by atoms with Gasteiger partial charge in [0.05, 0.1) is 18.5 Å². The molecule has 8 heteroatoms. The van der Waals surface area contributed by atoms with Crippen LogP contribution in [0.2, 0.25) is 0 Å². The molecule has 33 heavy (non-hydrogen) atoms. The van der Waals surface area contributed by atoms with Crippen LogP contribution in [0.1, 0.15) is 42.9 Å². The van der Waals surface area contributed by atoms with Gasteiger partial charge >= 0.3 is 0 Å². The highest BCUT2D eigenvalue weighted by Gasteiger charge is 2.47. The van der Waals surface area contributed by atoms with E-state index < -0.39 is 17.7 Å². The highest BCUT2D eigenvalue weighted by molar-refractivity contribution is 6.46. The molecule has 1 aromatic carbocycles. The summed E-state index contributed by atoms with van der Waals surface area (Å²) in [7, 11) is 0. The molecule has 8 nitrogen and oxygen atoms in total. The Kier molecular flexibility index (Phi) is 6.63. The predicted molar refractivity (Wildman–Crippen MR) is 122 cm³/mol. The van der Waals surface area contributed by atoms with Crippen molar-refractivity contribution in [2.75, 3.05) is 13.2 Å². The van der Waals surface area contributed by atoms with Crippen LogP contribution in [0.4, 0.5) is 0 Å². The van der Waals surface area contributed by atoms with E-state index in [1.54, 1.807) is 55.8 Å². The summed E-state index contributed by atoms with van der Waals surface area (Å²) in [6.07, 6.45) is 6.73. The van der Waals surface area contributed by atoms with Crippen LogP contribution in [0.5, 0.6) is 5.75 Å². The van der Waals surface area contributed by atoms with Crippen molar-refractivity contribution in [3.8, 4) is 5.75 Å². The van der Waals surface area contributed by atoms with E-state index in [2.05, 4.69) is 4.98 Å². The Morgan fingerprint density at radius 2 is 1.94 bits per heavy atom. The van der Waals surface area contributed by atoms with Gasteiger partial charge in [-0.05, 0) is 56.2 Å². The van der Waals surface area contributed by atoms with Gasteiger partial charge in [0, 0.05) is 31.0 Å². The average Bonchev–Trinajstić information content (AvgIpc) is 3.54. The lowest BCUT2D eigenvalue weighted by atomic mass is 9.99. The summed E-state index contributed by atoms with van der Waals surface area (Å²) in [5.74, 6) is 0.174. The van der Waals surface area contributed by atoms with Crippen LogP contribution in [-0.4, -0.2) is 44.4 Å². The summed E-state index contributed by atoms with van der Waals surface area (Å²) in [5, 5.41) is 11.1. The highest BCUT2D eigenvalue weighted by atomic mass is 16.5. The number of amides is 1. The molecule has 1 atom stereocenters. The molecule has 2 aromatic heterocycles. The van der Waals surface area contributed by atoms with E-state index in [9.17, 15) is 14.7 Å². The van der Waals surface area contributed by atoms with Crippen LogP contribution in [0, 0.1) is 6.92 Å². The Bertz CT molecular complexity index is 1150. The lowest BCUT2D eigenvalue weighted by Crippen LogP contribution is -2.31. The fraction of sp³-hybridized carbons (Fsp3) is 0.320. The number of aliphatic hydroxyl groups is 1. The number of ketones is 1. The van der Waals surface area contributed by atoms with Crippen molar-refractivity contribution in [2.45, 2.75) is 39.3 Å². The number of Topliss-reactive ketones (excluding diaryl/α,β-unsaturated/α-hetero) is 1. The van der Waals surface area contributed by atoms with Gasteiger partial charge in [-0.3, -0.25) is 9.59 Å². The average molecular weight is 450 g/mol. The molecule has 1 fully saturated rings. The minimum Gasteiger partial charge on any atom is -0.507 e. The second-order valence-corrected chi connectivity index (χ2v) is 7.97. The number of aliphatic hydroxyl groups excluding tert-OH is 1. The minimum atomic E-state index is -0.794. The third-order valence-electron chi connectivity index (χ3n) is 5.55. The molecular weight excluding hydrogens is 422 g/mol. The number of aromatic nitrogens is 2. The fourth-order valence-corrected chi connectivity index (χ4v) is 3.93. The van der Waals surface area contributed by atoms with Gasteiger partial charge in [0.25, 0.3) is 11.7 Å². The van der Waals surface area contributed by atoms with Gasteiger partial charge in [0.15, 0.2) is 0 Å². The van der Waals surface area contributed by atoms with Gasteiger partial charge in [-0.25, -0.2) is 4.98 Å². The lowest BCUT2D eigenvalue weighted by Gasteiger charge is -2.23. The van der Waals surface area contributed by atoms with Gasteiger partial charge in [0.1, 0.15) is 29.1 Å². The third kappa shape index (κ3) is 4.69. The second kappa shape index (κ2) is 9.77. The van der Waals surface area contributed by atoms with Crippen LogP contribution >= 0.6 is 0 Å². The number of imidazole rings is 1. The Hall–Kier alpha value is -3.81. The molecule has 0 saturated carbocycles. The van der Waals surface area contributed by atoms with E-state index in [4.69, 9.17) is 9.15 Å². The first-order valence-corrected chi connectivity index (χ1v) is 11.0. The molecule has 0 radical (unpaired) electrons. The summed E-state index contributed by atoms with van der Waals surface area (Å²) >= 11 is 0. The molecule has 3 heterocycles. The van der Waals surface area contributed by atoms with E-state index in [1.165, 1.54) is 4.90 Å². The first-order valence-electron chi connectivity index (χ1n) is 11.0. The predicted octanol–water partition coefficient (Wildman–Crippen LogP) is 4.09. The van der Waals surface area contributed by atoms with Crippen molar-refractivity contribution < 1.29 is 23.8 Å². The van der Waals surface area contributed by atoms with Gasteiger partial charge in [-0.15, -0.1) is 0 Å². The molecular formula is C25H27N3O5. The molecule has 0 spiro atoms. The van der Waals surface area contributed by atoms with Gasteiger partial charge in [-0.1, -0.05) is 6.92 Å². The summed E-state index contributed by atoms with van der Waals surface area (Å²) in [6.45, 7) is 5.38. The number of rotatable bonds is 9. The number of likely N-dealkylation sites (tertiary alicyclic amines) is 1. The molecule has 0 bridgehead atoms. The van der Waals surface area contributed by atoms with Crippen molar-refractivity contribution in [2.24, 2.45) is 0 Å². The molecule has 0 aliphatic carbocycles. The number of carbonyl (C=O) groups is 2. The second-order valence-electron chi connectivity index (χ2n) is 7.97. The highest BCUT2D eigenvalue weighted by Crippen LogP contribution is 2.40. The number of nitrogens with zero attached hydrogens (tertiary/aromatic N) is 3. The van der Waals surface area contributed by atoms with Crippen LogP contribution in [0.3, 0.4) is 0 Å². The summed E-state index contributed by atoms with van der Waals surface area (Å²) < 4.78 is 13.3. The molecule has 1 aliphatic rings. The number of ether oxygens (including phenoxy) is 1. The molecule has 172 valence electrons. The first kappa shape index (κ1) is 22.4. The first-order chi connectivity index (χ1) is 16.0. The van der Waals surface area contributed by atoms with Crippen LogP contribution in [0.15, 0.2) is 65.1 Å². The largest absolute Gasteiger partial charge is 0.507 e. The van der Waals surface area contributed by atoms with Crippen molar-refractivity contribution in [3.05, 3.63) is 77.8 Å². The molecule has 1 aliphatic heterocycles. The van der Waals surface area contributed by atoms with E-state index >= 15 is 0 Å². The van der Waals surface area contributed by atoms with E-state index in [0.29, 0.717) is 49.0 Å². The number of furan rings is 1. The zero-order chi connectivity index (χ0) is 23.4. The molecule has 3 aromatic rings. The normalized spacial score (nSPS) is 17.6. The number of hydrogen-bond donors (Lipinski definition) is 1. The molecule has 0 unspecified atom stereocenters. The quantitative estimate of drug-likeness (QED) is 0.300. The number of benzene rings is 1. The Morgan fingerprint density at radius 3 is 2.58 bits per heavy atom. The molecule has 1 N–H and O–H groups in total. The fourth-order valence-electron chi connectivity index (χ4n) is 3.93. The van der Waals surface area contributed by atoms with Gasteiger partial charge in [-0.2, -0.15) is 0 Å². The monoisotopic (exact) mass is 449 g/mol. The van der Waals surface area contributed by atoms with E-state index in [1.807, 2.05) is 17.7 Å². The van der Waals surface area contributed by atoms with Gasteiger partial charge in [0.2, 0.25) is 0 Å². The van der Waals surface area contributed by atoms with Crippen LogP contribution in [0.25, 0.3) is 5.76 Å². The zero-order valence-corrected chi connectivity index (χ0v) is 18.7. The maximum atomic E-state index is 13.0. The van der Waals surface area contributed by atoms with Crippen LogP contribution in [-0.2, 0) is 16.1 Å². The SMILES string of the molecule is CCCOc1ccc(/C(O)=C2\C(=O)C(=O)N(CCCn3ccnc3)[C@@H]2c2ccc(C)o2)cc1. The van der Waals surface area contributed by atoms with Crippen molar-refractivity contribution >= 4 is 17.4 Å². The summed E-state index contributed by atoms with van der Waals surface area (Å²) in [4.78, 5) is 31.5. The Morgan fingerprint density at radius 1 is 1.15 bits per heavy atom. The van der Waals surface area contributed by atoms with Crippen molar-refractivity contribution in [3.63, 3.8) is 0 Å². The topological polar surface area (TPSA) is 97.8 Å². The summed E-state index contributed by atoms with van der Waals surface area (Å²) in [6, 6.07) is 9.55. The van der Waals surface area contributed by atoms with E-state index in [-0.39, 0.29) is 11.3 Å². The van der Waals surface area contributed by atoms with Gasteiger partial charge < -0.3 is 23.7 Å². The smallest absolute Gasteiger partial charge is 0.295 e. The number of hydrogen-bond acceptors (Lipinski definition) is 6. The maximum absolute atomic E-state index is 13.0. The number of carbonyl (C=O) groups excluding carboxylic acids is 2. The summed E-state index contributed by atoms with van der Waals surface area (Å²) in [5.41, 5.74) is 0.461. The zero-order valence-electron chi connectivity index (χ0n) is 18.7. The number of aryl methyl sites for hydroxylation is 2. The Balaban J connectivity index is 1.65.